The number of carbonyl (C=O) groups excluding carboxylic acids is 2. The van der Waals surface area contributed by atoms with E-state index >= 15 is 0 Å². The molecule has 2 rings (SSSR count). The SMILES string of the molecule is CCCCN(CCO)C(=O)c1cc2c(cc1F)NC(=O)CC2. The number of aliphatic hydroxyl groups excluding tert-OH is 1. The average molecular weight is 308 g/mol. The molecule has 2 N–H and O–H groups in total. The first-order valence-electron chi connectivity index (χ1n) is 7.59. The van der Waals surface area contributed by atoms with Gasteiger partial charge in [-0.15, -0.1) is 0 Å². The van der Waals surface area contributed by atoms with Gasteiger partial charge >= 0.3 is 0 Å². The molecule has 0 unspecified atom stereocenters. The van der Waals surface area contributed by atoms with E-state index in [0.29, 0.717) is 25.1 Å². The number of benzene rings is 1. The Hall–Kier alpha value is -1.95. The van der Waals surface area contributed by atoms with Crippen molar-refractivity contribution in [3.63, 3.8) is 0 Å². The average Bonchev–Trinajstić information content (AvgIpc) is 2.50. The molecule has 0 fully saturated rings. The lowest BCUT2D eigenvalue weighted by Crippen LogP contribution is -2.35. The number of aliphatic hydroxyl groups is 1. The molecule has 5 nitrogen and oxygen atoms in total. The molecule has 1 heterocycles. The van der Waals surface area contributed by atoms with E-state index in [1.807, 2.05) is 6.92 Å². The highest BCUT2D eigenvalue weighted by molar-refractivity contribution is 5.98. The van der Waals surface area contributed by atoms with Gasteiger partial charge in [0, 0.05) is 25.2 Å². The highest BCUT2D eigenvalue weighted by Gasteiger charge is 2.23. The number of amides is 2. The fraction of sp³-hybridized carbons (Fsp3) is 0.500. The zero-order valence-corrected chi connectivity index (χ0v) is 12.7. The van der Waals surface area contributed by atoms with Crippen LogP contribution in [-0.2, 0) is 11.2 Å². The minimum Gasteiger partial charge on any atom is -0.395 e. The number of halogens is 1. The van der Waals surface area contributed by atoms with Gasteiger partial charge in [0.05, 0.1) is 12.2 Å². The Bertz CT molecular complexity index is 575. The summed E-state index contributed by atoms with van der Waals surface area (Å²) in [6.45, 7) is 2.52. The molecule has 0 bridgehead atoms. The Morgan fingerprint density at radius 2 is 2.14 bits per heavy atom. The summed E-state index contributed by atoms with van der Waals surface area (Å²) in [4.78, 5) is 25.3. The van der Waals surface area contributed by atoms with Gasteiger partial charge in [-0.1, -0.05) is 13.3 Å². The fourth-order valence-electron chi connectivity index (χ4n) is 2.52. The molecule has 120 valence electrons. The molecule has 0 aromatic heterocycles. The molecule has 1 aromatic carbocycles. The summed E-state index contributed by atoms with van der Waals surface area (Å²) in [6.07, 6.45) is 2.54. The Labute approximate surface area is 129 Å². The molecule has 1 aromatic rings. The van der Waals surface area contributed by atoms with Crippen LogP contribution in [0.25, 0.3) is 0 Å². The van der Waals surface area contributed by atoms with E-state index in [-0.39, 0.29) is 24.6 Å². The van der Waals surface area contributed by atoms with Crippen molar-refractivity contribution in [3.8, 4) is 0 Å². The van der Waals surface area contributed by atoms with Gasteiger partial charge in [-0.25, -0.2) is 4.39 Å². The molecule has 2 amide bonds. The molecule has 6 heteroatoms. The lowest BCUT2D eigenvalue weighted by molar-refractivity contribution is -0.116. The third-order valence-corrected chi connectivity index (χ3v) is 3.76. The summed E-state index contributed by atoms with van der Waals surface area (Å²) < 4.78 is 14.2. The van der Waals surface area contributed by atoms with Gasteiger partial charge in [0.15, 0.2) is 0 Å². The van der Waals surface area contributed by atoms with Gasteiger partial charge in [0.25, 0.3) is 5.91 Å². The number of hydrogen-bond donors (Lipinski definition) is 2. The quantitative estimate of drug-likeness (QED) is 0.844. The lowest BCUT2D eigenvalue weighted by Gasteiger charge is -2.23. The number of fused-ring (bicyclic) bond motifs is 1. The number of hydrogen-bond acceptors (Lipinski definition) is 3. The third kappa shape index (κ3) is 3.62. The molecule has 0 atom stereocenters. The second-order valence-corrected chi connectivity index (χ2v) is 5.41. The zero-order chi connectivity index (χ0) is 16.1. The standard InChI is InChI=1S/C16H21FN2O3/c1-2-3-6-19(7-8-20)16(22)12-9-11-4-5-15(21)18-14(11)10-13(12)17/h9-10,20H,2-8H2,1H3,(H,18,21). The van der Waals surface area contributed by atoms with Crippen molar-refractivity contribution in [2.75, 3.05) is 25.0 Å². The van der Waals surface area contributed by atoms with Gasteiger partial charge in [0.1, 0.15) is 5.82 Å². The van der Waals surface area contributed by atoms with E-state index in [9.17, 15) is 14.0 Å². The number of rotatable bonds is 6. The molecule has 0 aliphatic carbocycles. The molecule has 0 radical (unpaired) electrons. The summed E-state index contributed by atoms with van der Waals surface area (Å²) in [6, 6.07) is 2.72. The minimum atomic E-state index is -0.648. The normalized spacial score (nSPS) is 13.5. The zero-order valence-electron chi connectivity index (χ0n) is 12.7. The smallest absolute Gasteiger partial charge is 0.256 e. The van der Waals surface area contributed by atoms with Gasteiger partial charge < -0.3 is 15.3 Å². The van der Waals surface area contributed by atoms with E-state index in [2.05, 4.69) is 5.32 Å². The second kappa shape index (κ2) is 7.35. The number of anilines is 1. The predicted molar refractivity (Wildman–Crippen MR) is 81.2 cm³/mol. The number of carbonyl (C=O) groups is 2. The van der Waals surface area contributed by atoms with Gasteiger partial charge in [-0.2, -0.15) is 0 Å². The van der Waals surface area contributed by atoms with Crippen LogP contribution in [0.2, 0.25) is 0 Å². The van der Waals surface area contributed by atoms with Gasteiger partial charge in [0.2, 0.25) is 5.91 Å². The summed E-state index contributed by atoms with van der Waals surface area (Å²) in [5, 5.41) is 11.7. The van der Waals surface area contributed by atoms with Crippen LogP contribution in [0.15, 0.2) is 12.1 Å². The number of aryl methyl sites for hydroxylation is 1. The largest absolute Gasteiger partial charge is 0.395 e. The number of nitrogens with zero attached hydrogens (tertiary/aromatic N) is 1. The molecule has 0 spiro atoms. The van der Waals surface area contributed by atoms with Gasteiger partial charge in [-0.05, 0) is 30.5 Å². The number of unbranched alkanes of at least 4 members (excludes halogenated alkanes) is 1. The van der Waals surface area contributed by atoms with Crippen molar-refractivity contribution in [1.29, 1.82) is 0 Å². The maximum Gasteiger partial charge on any atom is 0.256 e. The van der Waals surface area contributed by atoms with Crippen molar-refractivity contribution in [2.45, 2.75) is 32.6 Å². The summed E-state index contributed by atoms with van der Waals surface area (Å²) in [7, 11) is 0. The van der Waals surface area contributed by atoms with Crippen LogP contribution in [-0.4, -0.2) is 41.5 Å². The van der Waals surface area contributed by atoms with Gasteiger partial charge in [-0.3, -0.25) is 9.59 Å². The maximum absolute atomic E-state index is 14.2. The van der Waals surface area contributed by atoms with Crippen molar-refractivity contribution < 1.29 is 19.1 Å². The maximum atomic E-state index is 14.2. The highest BCUT2D eigenvalue weighted by Crippen LogP contribution is 2.26. The summed E-state index contributed by atoms with van der Waals surface area (Å²) in [5.74, 6) is -1.21. The van der Waals surface area contributed by atoms with Crippen LogP contribution in [0, 0.1) is 5.82 Å². The molecule has 0 saturated carbocycles. The highest BCUT2D eigenvalue weighted by atomic mass is 19.1. The minimum absolute atomic E-state index is 0.000507. The lowest BCUT2D eigenvalue weighted by atomic mass is 9.99. The van der Waals surface area contributed by atoms with Crippen molar-refractivity contribution in [3.05, 3.63) is 29.1 Å². The van der Waals surface area contributed by atoms with Crippen molar-refractivity contribution >= 4 is 17.5 Å². The van der Waals surface area contributed by atoms with E-state index in [1.54, 1.807) is 0 Å². The molecular formula is C16H21FN2O3. The van der Waals surface area contributed by atoms with Crippen LogP contribution in [0.4, 0.5) is 10.1 Å². The topological polar surface area (TPSA) is 69.6 Å². The van der Waals surface area contributed by atoms with E-state index in [1.165, 1.54) is 17.0 Å². The van der Waals surface area contributed by atoms with Crippen LogP contribution in [0.1, 0.15) is 42.1 Å². The van der Waals surface area contributed by atoms with E-state index in [4.69, 9.17) is 5.11 Å². The van der Waals surface area contributed by atoms with Crippen LogP contribution >= 0.6 is 0 Å². The predicted octanol–water partition coefficient (Wildman–Crippen LogP) is 1.95. The fourth-order valence-corrected chi connectivity index (χ4v) is 2.52. The van der Waals surface area contributed by atoms with Crippen molar-refractivity contribution in [1.82, 2.24) is 4.90 Å². The Balaban J connectivity index is 2.26. The Morgan fingerprint density at radius 1 is 1.36 bits per heavy atom. The molecule has 0 saturated heterocycles. The van der Waals surface area contributed by atoms with Crippen LogP contribution in [0.5, 0.6) is 0 Å². The monoisotopic (exact) mass is 308 g/mol. The first kappa shape index (κ1) is 16.4. The van der Waals surface area contributed by atoms with Crippen molar-refractivity contribution in [2.24, 2.45) is 0 Å². The number of nitrogens with one attached hydrogen (secondary N) is 1. The van der Waals surface area contributed by atoms with Crippen LogP contribution in [0.3, 0.4) is 0 Å². The van der Waals surface area contributed by atoms with E-state index in [0.717, 1.165) is 18.4 Å². The molecular weight excluding hydrogens is 287 g/mol. The first-order valence-corrected chi connectivity index (χ1v) is 7.59. The second-order valence-electron chi connectivity index (χ2n) is 5.41. The summed E-state index contributed by atoms with van der Waals surface area (Å²) >= 11 is 0. The Kier molecular flexibility index (Phi) is 5.49. The molecule has 22 heavy (non-hydrogen) atoms. The van der Waals surface area contributed by atoms with Crippen LogP contribution < -0.4 is 5.32 Å². The third-order valence-electron chi connectivity index (χ3n) is 3.76. The van der Waals surface area contributed by atoms with E-state index < -0.39 is 11.7 Å². The molecule has 1 aliphatic heterocycles. The molecule has 1 aliphatic rings. The Morgan fingerprint density at radius 3 is 2.82 bits per heavy atom. The summed E-state index contributed by atoms with van der Waals surface area (Å²) in [5.41, 5.74) is 1.20. The first-order chi connectivity index (χ1) is 10.6.